The molecule has 6 heteroatoms. The lowest BCUT2D eigenvalue weighted by Gasteiger charge is -2.18. The molecule has 0 aliphatic rings. The van der Waals surface area contributed by atoms with Crippen molar-refractivity contribution in [3.8, 4) is 0 Å². The molecule has 0 aromatic heterocycles. The molecule has 6 nitrogen and oxygen atoms in total. The van der Waals surface area contributed by atoms with Crippen molar-refractivity contribution in [2.24, 2.45) is 17.8 Å². The van der Waals surface area contributed by atoms with Gasteiger partial charge in [0, 0.05) is 19.3 Å². The van der Waals surface area contributed by atoms with E-state index >= 15 is 0 Å². The lowest BCUT2D eigenvalue weighted by atomic mass is 10.00. The van der Waals surface area contributed by atoms with Gasteiger partial charge in [-0.25, -0.2) is 0 Å². The molecule has 0 saturated carbocycles. The van der Waals surface area contributed by atoms with Crippen molar-refractivity contribution in [2.45, 2.75) is 304 Å². The summed E-state index contributed by atoms with van der Waals surface area (Å²) in [5, 5.41) is 0. The van der Waals surface area contributed by atoms with Gasteiger partial charge < -0.3 is 14.2 Å². The van der Waals surface area contributed by atoms with Gasteiger partial charge in [0.2, 0.25) is 0 Å². The predicted molar refractivity (Wildman–Crippen MR) is 261 cm³/mol. The number of rotatable bonds is 48. The quantitative estimate of drug-likeness (QED) is 0.0344. The molecule has 0 saturated heterocycles. The third-order valence-corrected chi connectivity index (χ3v) is 12.8. The molecule has 0 heterocycles. The summed E-state index contributed by atoms with van der Waals surface area (Å²) >= 11 is 0. The van der Waals surface area contributed by atoms with Crippen LogP contribution in [0, 0.1) is 17.8 Å². The van der Waals surface area contributed by atoms with E-state index in [1.165, 1.54) is 180 Å². The molecule has 0 aromatic rings. The Kier molecular flexibility index (Phi) is 45.2. The average Bonchev–Trinajstić information content (AvgIpc) is 3.23. The molecule has 0 fully saturated rings. The first-order valence-corrected chi connectivity index (χ1v) is 27.1. The van der Waals surface area contributed by atoms with Gasteiger partial charge in [-0.1, -0.05) is 260 Å². The van der Waals surface area contributed by atoms with Crippen LogP contribution in [0.25, 0.3) is 0 Å². The Labute approximate surface area is 380 Å². The summed E-state index contributed by atoms with van der Waals surface area (Å²) in [4.78, 5) is 37.9. The van der Waals surface area contributed by atoms with Crippen molar-refractivity contribution in [2.75, 3.05) is 13.2 Å². The van der Waals surface area contributed by atoms with Gasteiger partial charge >= 0.3 is 17.9 Å². The minimum Gasteiger partial charge on any atom is -0.462 e. The van der Waals surface area contributed by atoms with Crippen LogP contribution in [0.4, 0.5) is 0 Å². The van der Waals surface area contributed by atoms with Gasteiger partial charge in [0.1, 0.15) is 13.2 Å². The minimum atomic E-state index is -0.763. The van der Waals surface area contributed by atoms with Crippen LogP contribution in [0.5, 0.6) is 0 Å². The predicted octanol–water partition coefficient (Wildman–Crippen LogP) is 17.6. The largest absolute Gasteiger partial charge is 0.462 e. The maximum Gasteiger partial charge on any atom is 0.306 e. The van der Waals surface area contributed by atoms with Gasteiger partial charge in [-0.05, 0) is 37.0 Å². The van der Waals surface area contributed by atoms with Crippen LogP contribution in [0.15, 0.2) is 0 Å². The molecular formula is C55H106O6. The average molecular weight is 863 g/mol. The number of unbranched alkanes of at least 4 members (excludes halogenated alkanes) is 30. The summed E-state index contributed by atoms with van der Waals surface area (Å²) in [5.41, 5.74) is 0. The smallest absolute Gasteiger partial charge is 0.306 e. The fourth-order valence-corrected chi connectivity index (χ4v) is 8.26. The van der Waals surface area contributed by atoms with Gasteiger partial charge in [0.25, 0.3) is 0 Å². The maximum atomic E-state index is 12.8. The summed E-state index contributed by atoms with van der Waals surface area (Å²) in [6.45, 7) is 13.7. The van der Waals surface area contributed by atoms with E-state index in [4.69, 9.17) is 14.2 Å². The highest BCUT2D eigenvalue weighted by Crippen LogP contribution is 2.18. The van der Waals surface area contributed by atoms with Gasteiger partial charge in [-0.3, -0.25) is 14.4 Å². The number of ether oxygens (including phenoxy) is 3. The molecule has 0 aliphatic heterocycles. The first kappa shape index (κ1) is 59.4. The number of hydrogen-bond donors (Lipinski definition) is 0. The van der Waals surface area contributed by atoms with E-state index < -0.39 is 6.10 Å². The second kappa shape index (κ2) is 46.4. The third kappa shape index (κ3) is 47.7. The molecule has 0 spiro atoms. The highest BCUT2D eigenvalue weighted by atomic mass is 16.6. The molecule has 0 amide bonds. The molecule has 0 bridgehead atoms. The van der Waals surface area contributed by atoms with Crippen molar-refractivity contribution in [1.82, 2.24) is 0 Å². The van der Waals surface area contributed by atoms with Crippen LogP contribution in [0.3, 0.4) is 0 Å². The molecule has 0 radical (unpaired) electrons. The molecule has 2 atom stereocenters. The van der Waals surface area contributed by atoms with E-state index in [-0.39, 0.29) is 31.1 Å². The second-order valence-corrected chi connectivity index (χ2v) is 20.1. The standard InChI is InChI=1S/C55H106O6/c1-7-51(6)43-37-31-27-28-33-39-45-54(57)60-48-52(47-59-53(56)44-38-32-25-22-18-20-24-30-36-42-50(4)5)61-55(58)46-40-34-26-21-17-15-13-11-9-8-10-12-14-16-19-23-29-35-41-49(2)3/h49-52H,7-48H2,1-6H3/t51?,52-/m0/s1. The summed E-state index contributed by atoms with van der Waals surface area (Å²) < 4.78 is 16.8. The van der Waals surface area contributed by atoms with Crippen LogP contribution in [-0.4, -0.2) is 37.2 Å². The Morgan fingerprint density at radius 3 is 0.852 bits per heavy atom. The Morgan fingerprint density at radius 1 is 0.328 bits per heavy atom. The zero-order valence-corrected chi connectivity index (χ0v) is 42.0. The van der Waals surface area contributed by atoms with Gasteiger partial charge in [-0.15, -0.1) is 0 Å². The number of esters is 3. The second-order valence-electron chi connectivity index (χ2n) is 20.1. The van der Waals surface area contributed by atoms with Crippen molar-refractivity contribution in [1.29, 1.82) is 0 Å². The fourth-order valence-electron chi connectivity index (χ4n) is 8.26. The number of hydrogen-bond acceptors (Lipinski definition) is 6. The Hall–Kier alpha value is -1.59. The van der Waals surface area contributed by atoms with Crippen LogP contribution >= 0.6 is 0 Å². The SMILES string of the molecule is CCC(C)CCCCCCCCC(=O)OC[C@H](COC(=O)CCCCCCCCCCCC(C)C)OC(=O)CCCCCCCCCCCCCCCCCCCCC(C)C. The van der Waals surface area contributed by atoms with Crippen molar-refractivity contribution in [3.63, 3.8) is 0 Å². The zero-order valence-electron chi connectivity index (χ0n) is 42.0. The summed E-state index contributed by atoms with van der Waals surface area (Å²) in [6, 6.07) is 0. The number of carbonyl (C=O) groups excluding carboxylic acids is 3. The van der Waals surface area contributed by atoms with Gasteiger partial charge in [0.15, 0.2) is 6.10 Å². The molecule has 0 N–H and O–H groups in total. The first-order chi connectivity index (χ1) is 29.6. The van der Waals surface area contributed by atoms with E-state index in [1.54, 1.807) is 0 Å². The van der Waals surface area contributed by atoms with Gasteiger partial charge in [0.05, 0.1) is 0 Å². The van der Waals surface area contributed by atoms with E-state index in [0.29, 0.717) is 19.3 Å². The summed E-state index contributed by atoms with van der Waals surface area (Å²) in [7, 11) is 0. The molecule has 362 valence electrons. The monoisotopic (exact) mass is 863 g/mol. The van der Waals surface area contributed by atoms with Crippen molar-refractivity contribution >= 4 is 17.9 Å². The van der Waals surface area contributed by atoms with Crippen LogP contribution < -0.4 is 0 Å². The molecule has 1 unspecified atom stereocenters. The van der Waals surface area contributed by atoms with Crippen LogP contribution in [0.2, 0.25) is 0 Å². The fraction of sp³-hybridized carbons (Fsp3) is 0.945. The highest BCUT2D eigenvalue weighted by Gasteiger charge is 2.19. The van der Waals surface area contributed by atoms with Crippen LogP contribution in [-0.2, 0) is 28.6 Å². The lowest BCUT2D eigenvalue weighted by molar-refractivity contribution is -0.167. The minimum absolute atomic E-state index is 0.0654. The Morgan fingerprint density at radius 2 is 0.574 bits per heavy atom. The van der Waals surface area contributed by atoms with Gasteiger partial charge in [-0.2, -0.15) is 0 Å². The molecule has 0 rings (SSSR count). The lowest BCUT2D eigenvalue weighted by Crippen LogP contribution is -2.30. The van der Waals surface area contributed by atoms with Crippen molar-refractivity contribution < 1.29 is 28.6 Å². The normalized spacial score (nSPS) is 12.6. The van der Waals surface area contributed by atoms with E-state index in [2.05, 4.69) is 41.5 Å². The summed E-state index contributed by atoms with van der Waals surface area (Å²) in [6.07, 6.45) is 46.8. The topological polar surface area (TPSA) is 78.9 Å². The highest BCUT2D eigenvalue weighted by molar-refractivity contribution is 5.71. The molecule has 0 aromatic carbocycles. The Balaban J connectivity index is 4.23. The van der Waals surface area contributed by atoms with E-state index in [1.807, 2.05) is 0 Å². The third-order valence-electron chi connectivity index (χ3n) is 12.8. The first-order valence-electron chi connectivity index (χ1n) is 27.1. The van der Waals surface area contributed by atoms with E-state index in [0.717, 1.165) is 75.5 Å². The van der Waals surface area contributed by atoms with Crippen molar-refractivity contribution in [3.05, 3.63) is 0 Å². The summed E-state index contributed by atoms with van der Waals surface area (Å²) in [5.74, 6) is 1.63. The van der Waals surface area contributed by atoms with Crippen LogP contribution in [0.1, 0.15) is 298 Å². The Bertz CT molecular complexity index is 947. The maximum absolute atomic E-state index is 12.8. The number of carbonyl (C=O) groups is 3. The zero-order chi connectivity index (χ0) is 44.9. The molecule has 0 aliphatic carbocycles. The molecular weight excluding hydrogens is 757 g/mol. The van der Waals surface area contributed by atoms with E-state index in [9.17, 15) is 14.4 Å². The molecule has 61 heavy (non-hydrogen) atoms.